The fourth-order valence-electron chi connectivity index (χ4n) is 10.1. The van der Waals surface area contributed by atoms with Gasteiger partial charge in [0, 0.05) is 43.7 Å². The molecule has 1 fully saturated rings. The van der Waals surface area contributed by atoms with Crippen LogP contribution >= 0.6 is 0 Å². The van der Waals surface area contributed by atoms with Crippen molar-refractivity contribution >= 4 is 17.5 Å². The Morgan fingerprint density at radius 2 is 1.62 bits per heavy atom. The van der Waals surface area contributed by atoms with Crippen LogP contribution in [0, 0.1) is 27.9 Å². The topological polar surface area (TPSA) is 162 Å². The van der Waals surface area contributed by atoms with E-state index in [2.05, 4.69) is 19.6 Å². The molecule has 5 rings (SSSR count). The Morgan fingerprint density at radius 1 is 0.922 bits per heavy atom. The molecule has 6 unspecified atom stereocenters. The molecular weight excluding hydrogens is 815 g/mol. The molecule has 0 saturated heterocycles. The zero-order valence-electron chi connectivity index (χ0n) is 38.8. The SMILES string of the molecule is C=CCOC12Oc3ccc(Oc4cccc([N+](=O)[O-])c4)cc3C3C(CCCCO)C(CCCCO)C=C(C(=NOCC)CC1N(CCC)C(=O)OCCCCCCCCCCCC)C32. The van der Waals surface area contributed by atoms with E-state index in [1.165, 1.54) is 57.1 Å². The molecule has 354 valence electrons. The molecule has 1 heterocycles. The van der Waals surface area contributed by atoms with E-state index in [0.717, 1.165) is 61.8 Å². The first-order valence-corrected chi connectivity index (χ1v) is 24.3. The summed E-state index contributed by atoms with van der Waals surface area (Å²) in [6, 6.07) is 11.1. The first-order chi connectivity index (χ1) is 31.3. The third-order valence-corrected chi connectivity index (χ3v) is 13.0. The van der Waals surface area contributed by atoms with E-state index >= 15 is 0 Å². The number of amides is 1. The number of nitro groups is 1. The van der Waals surface area contributed by atoms with Gasteiger partial charge in [-0.2, -0.15) is 0 Å². The van der Waals surface area contributed by atoms with Gasteiger partial charge in [-0.15, -0.1) is 6.58 Å². The molecule has 64 heavy (non-hydrogen) atoms. The zero-order chi connectivity index (χ0) is 45.7. The Labute approximate surface area is 381 Å². The van der Waals surface area contributed by atoms with Crippen molar-refractivity contribution in [2.75, 3.05) is 39.6 Å². The fourth-order valence-corrected chi connectivity index (χ4v) is 10.1. The Hall–Kier alpha value is -4.46. The van der Waals surface area contributed by atoms with Crippen molar-refractivity contribution in [3.05, 3.63) is 82.4 Å². The molecule has 13 nitrogen and oxygen atoms in total. The number of carbonyl (C=O) groups is 1. The highest BCUT2D eigenvalue weighted by atomic mass is 16.7. The maximum atomic E-state index is 14.5. The maximum Gasteiger partial charge on any atom is 0.410 e. The van der Waals surface area contributed by atoms with E-state index in [0.29, 0.717) is 62.7 Å². The summed E-state index contributed by atoms with van der Waals surface area (Å²) < 4.78 is 26.8. The molecule has 2 aliphatic carbocycles. The van der Waals surface area contributed by atoms with Gasteiger partial charge in [-0.05, 0) is 87.1 Å². The van der Waals surface area contributed by atoms with Gasteiger partial charge in [0.15, 0.2) is 0 Å². The number of carbonyl (C=O) groups excluding carboxylic acids is 1. The third-order valence-electron chi connectivity index (χ3n) is 13.0. The van der Waals surface area contributed by atoms with Crippen LogP contribution in [0.5, 0.6) is 17.2 Å². The van der Waals surface area contributed by atoms with Gasteiger partial charge in [-0.3, -0.25) is 15.0 Å². The average molecular weight is 890 g/mol. The number of hydrogen-bond acceptors (Lipinski definition) is 11. The quantitative estimate of drug-likeness (QED) is 0.0334. The summed E-state index contributed by atoms with van der Waals surface area (Å²) in [5.41, 5.74) is 2.48. The molecule has 1 amide bonds. The summed E-state index contributed by atoms with van der Waals surface area (Å²) in [7, 11) is 0. The highest BCUT2D eigenvalue weighted by Gasteiger charge is 2.65. The summed E-state index contributed by atoms with van der Waals surface area (Å²) in [6.45, 7) is 11.6. The molecule has 1 saturated carbocycles. The van der Waals surface area contributed by atoms with Crippen LogP contribution in [0.15, 0.2) is 71.9 Å². The smallest absolute Gasteiger partial charge is 0.410 e. The predicted octanol–water partition coefficient (Wildman–Crippen LogP) is 11.8. The number of nitrogens with zero attached hydrogens (tertiary/aromatic N) is 3. The number of ether oxygens (including phenoxy) is 4. The first kappa shape index (κ1) is 50.5. The van der Waals surface area contributed by atoms with Gasteiger partial charge >= 0.3 is 6.09 Å². The molecule has 0 spiro atoms. The number of non-ortho nitro benzene ring substituents is 1. The number of fused-ring (bicyclic) bond motifs is 2. The zero-order valence-corrected chi connectivity index (χ0v) is 38.8. The van der Waals surface area contributed by atoms with Gasteiger partial charge in [0.2, 0.25) is 5.79 Å². The number of aliphatic hydroxyl groups is 2. The van der Waals surface area contributed by atoms with Crippen LogP contribution in [0.2, 0.25) is 0 Å². The van der Waals surface area contributed by atoms with Crippen molar-refractivity contribution in [1.29, 1.82) is 0 Å². The first-order valence-electron chi connectivity index (χ1n) is 24.3. The van der Waals surface area contributed by atoms with Crippen molar-refractivity contribution in [3.8, 4) is 17.2 Å². The molecule has 6 atom stereocenters. The molecule has 2 aromatic rings. The summed E-state index contributed by atoms with van der Waals surface area (Å²) in [4.78, 5) is 33.3. The largest absolute Gasteiger partial charge is 0.459 e. The molecule has 2 N–H and O–H groups in total. The molecule has 1 aliphatic heterocycles. The van der Waals surface area contributed by atoms with Gasteiger partial charge in [0.05, 0.1) is 35.8 Å². The second kappa shape index (κ2) is 26.5. The van der Waals surface area contributed by atoms with Gasteiger partial charge in [-0.25, -0.2) is 4.79 Å². The number of allylic oxidation sites excluding steroid dienone is 1. The summed E-state index contributed by atoms with van der Waals surface area (Å²) >= 11 is 0. The van der Waals surface area contributed by atoms with Crippen LogP contribution in [-0.2, 0) is 14.3 Å². The van der Waals surface area contributed by atoms with Gasteiger partial charge in [0.1, 0.15) is 29.9 Å². The van der Waals surface area contributed by atoms with Gasteiger partial charge < -0.3 is 34.0 Å². The molecule has 0 bridgehead atoms. The van der Waals surface area contributed by atoms with E-state index < -0.39 is 28.8 Å². The maximum absolute atomic E-state index is 14.5. The third kappa shape index (κ3) is 13.1. The van der Waals surface area contributed by atoms with E-state index in [-0.39, 0.29) is 43.3 Å². The fraction of sp³-hybridized carbons (Fsp3) is 0.647. The van der Waals surface area contributed by atoms with Crippen LogP contribution in [0.3, 0.4) is 0 Å². The van der Waals surface area contributed by atoms with Crippen LogP contribution in [-0.4, -0.2) is 83.2 Å². The number of hydrogen-bond donors (Lipinski definition) is 2. The highest BCUT2D eigenvalue weighted by molar-refractivity contribution is 6.03. The lowest BCUT2D eigenvalue weighted by molar-refractivity contribution is -0.384. The van der Waals surface area contributed by atoms with Crippen molar-refractivity contribution in [2.24, 2.45) is 22.9 Å². The molecule has 0 radical (unpaired) electrons. The number of oxime groups is 1. The van der Waals surface area contributed by atoms with Crippen molar-refractivity contribution in [2.45, 2.75) is 154 Å². The van der Waals surface area contributed by atoms with Crippen LogP contribution < -0.4 is 9.47 Å². The molecular formula is C51H75N3O10. The van der Waals surface area contributed by atoms with Crippen molar-refractivity contribution in [3.63, 3.8) is 0 Å². The van der Waals surface area contributed by atoms with Crippen LogP contribution in [0.4, 0.5) is 10.5 Å². The van der Waals surface area contributed by atoms with Crippen LogP contribution in [0.1, 0.15) is 148 Å². The predicted molar refractivity (Wildman–Crippen MR) is 250 cm³/mol. The number of benzene rings is 2. The minimum Gasteiger partial charge on any atom is -0.459 e. The summed E-state index contributed by atoms with van der Waals surface area (Å²) in [5, 5.41) is 36.2. The molecule has 3 aliphatic rings. The minimum atomic E-state index is -1.40. The van der Waals surface area contributed by atoms with E-state index in [1.54, 1.807) is 29.2 Å². The number of aliphatic hydroxyl groups excluding tert-OH is 2. The normalized spacial score (nSPS) is 22.7. The lowest BCUT2D eigenvalue weighted by Gasteiger charge is -2.59. The Bertz CT molecular complexity index is 1840. The number of nitro benzene ring substituents is 1. The summed E-state index contributed by atoms with van der Waals surface area (Å²) in [5.74, 6) is -0.636. The van der Waals surface area contributed by atoms with E-state index in [9.17, 15) is 25.1 Å². The van der Waals surface area contributed by atoms with Crippen molar-refractivity contribution in [1.82, 2.24) is 4.90 Å². The van der Waals surface area contributed by atoms with Gasteiger partial charge in [0.25, 0.3) is 5.69 Å². The average Bonchev–Trinajstić information content (AvgIpc) is 3.30. The Kier molecular flexibility index (Phi) is 20.9. The van der Waals surface area contributed by atoms with E-state index in [4.69, 9.17) is 28.9 Å². The van der Waals surface area contributed by atoms with Gasteiger partial charge in [-0.1, -0.05) is 108 Å². The second-order valence-electron chi connectivity index (χ2n) is 17.5. The second-order valence-corrected chi connectivity index (χ2v) is 17.5. The molecule has 0 aromatic heterocycles. The number of unbranched alkanes of at least 4 members (excludes halogenated alkanes) is 11. The van der Waals surface area contributed by atoms with Crippen LogP contribution in [0.25, 0.3) is 0 Å². The Balaban J connectivity index is 1.58. The highest BCUT2D eigenvalue weighted by Crippen LogP contribution is 2.62. The number of rotatable bonds is 30. The van der Waals surface area contributed by atoms with E-state index in [1.807, 2.05) is 26.0 Å². The lowest BCUT2D eigenvalue weighted by atomic mass is 9.55. The standard InChI is InChI=1S/C51H75N3O10/c1-5-9-10-11-12-13-14-15-16-21-33-60-50(57)53(29-6-2)47-37-45(52-62-8-4)43-34-38(23-17-19-30-55)42(26-18-20-31-56)48-44-36-41(63-40-25-22-24-39(35-40)54(58)59)27-28-46(44)64-51(47,49(43)48)61-32-7-3/h7,22,24-25,27-28,34-36,38,42,47-49,55-56H,3,5-6,8-21,23,26,29-33,37H2,1-2,4H3. The molecule has 13 heteroatoms. The summed E-state index contributed by atoms with van der Waals surface area (Å²) in [6.07, 6.45) is 20.9. The van der Waals surface area contributed by atoms with Crippen molar-refractivity contribution < 1.29 is 43.7 Å². The monoisotopic (exact) mass is 890 g/mol. The molecule has 2 aromatic carbocycles. The minimum absolute atomic E-state index is 0.0245. The Morgan fingerprint density at radius 3 is 2.30 bits per heavy atom. The lowest BCUT2D eigenvalue weighted by Crippen LogP contribution is -2.70.